The zero-order chi connectivity index (χ0) is 20.1. The van der Waals surface area contributed by atoms with Gasteiger partial charge in [0.25, 0.3) is 11.8 Å². The minimum Gasteiger partial charge on any atom is -0.388 e. The van der Waals surface area contributed by atoms with Gasteiger partial charge in [0, 0.05) is 17.7 Å². The van der Waals surface area contributed by atoms with Crippen LogP contribution in [0, 0.1) is 0 Å². The molecule has 0 unspecified atom stereocenters. The maximum absolute atomic E-state index is 12.2. The van der Waals surface area contributed by atoms with Gasteiger partial charge < -0.3 is 30.7 Å². The third-order valence-electron chi connectivity index (χ3n) is 4.55. The van der Waals surface area contributed by atoms with Gasteiger partial charge in [-0.1, -0.05) is 36.4 Å². The molecule has 0 radical (unpaired) electrons. The standard InChI is InChI=1S/C20H22N2O6/c23-16-14(11-21-18(25)12-7-3-1-4-8-12)28-20(27)15(17(16)24)22-19(26)13-9-5-2-6-10-13/h1-10,14-17,20,23-24,27H,11H2,(H,21,25)(H,22,26)/t14-,15-,16-,17+,20-/m1/s1. The van der Waals surface area contributed by atoms with Crippen LogP contribution in [0.5, 0.6) is 0 Å². The lowest BCUT2D eigenvalue weighted by Gasteiger charge is -2.41. The van der Waals surface area contributed by atoms with E-state index in [9.17, 15) is 24.9 Å². The Balaban J connectivity index is 1.58. The van der Waals surface area contributed by atoms with E-state index in [1.165, 1.54) is 0 Å². The number of hydrogen-bond acceptors (Lipinski definition) is 6. The minimum absolute atomic E-state index is 0.123. The van der Waals surface area contributed by atoms with Gasteiger partial charge in [-0.2, -0.15) is 0 Å². The van der Waals surface area contributed by atoms with E-state index >= 15 is 0 Å². The molecule has 28 heavy (non-hydrogen) atoms. The van der Waals surface area contributed by atoms with E-state index in [0.717, 1.165) is 0 Å². The van der Waals surface area contributed by atoms with Crippen molar-refractivity contribution in [3.8, 4) is 0 Å². The fourth-order valence-electron chi connectivity index (χ4n) is 2.98. The molecular weight excluding hydrogens is 364 g/mol. The van der Waals surface area contributed by atoms with Gasteiger partial charge >= 0.3 is 0 Å². The molecule has 1 fully saturated rings. The fraction of sp³-hybridized carbons (Fsp3) is 0.300. The summed E-state index contributed by atoms with van der Waals surface area (Å²) in [7, 11) is 0. The van der Waals surface area contributed by atoms with Crippen molar-refractivity contribution in [1.82, 2.24) is 10.6 Å². The lowest BCUT2D eigenvalue weighted by atomic mass is 9.96. The summed E-state index contributed by atoms with van der Waals surface area (Å²) in [6, 6.07) is 15.5. The van der Waals surface area contributed by atoms with Crippen molar-refractivity contribution in [2.75, 3.05) is 6.54 Å². The van der Waals surface area contributed by atoms with Crippen molar-refractivity contribution >= 4 is 11.8 Å². The molecule has 0 aliphatic carbocycles. The molecule has 1 heterocycles. The molecule has 148 valence electrons. The first-order valence-corrected chi connectivity index (χ1v) is 8.86. The number of nitrogens with one attached hydrogen (secondary N) is 2. The quantitative estimate of drug-likeness (QED) is 0.478. The Morgan fingerprint density at radius 2 is 1.36 bits per heavy atom. The summed E-state index contributed by atoms with van der Waals surface area (Å²) in [5.41, 5.74) is 0.774. The second-order valence-electron chi connectivity index (χ2n) is 6.49. The second kappa shape index (κ2) is 8.94. The molecule has 0 aromatic heterocycles. The van der Waals surface area contributed by atoms with Crippen molar-refractivity contribution < 1.29 is 29.6 Å². The van der Waals surface area contributed by atoms with Crippen LogP contribution in [-0.4, -0.2) is 64.3 Å². The van der Waals surface area contributed by atoms with E-state index in [2.05, 4.69) is 10.6 Å². The number of carbonyl (C=O) groups excluding carboxylic acids is 2. The number of aliphatic hydroxyl groups is 3. The van der Waals surface area contributed by atoms with Crippen LogP contribution in [0.25, 0.3) is 0 Å². The Bertz CT molecular complexity index is 799. The molecule has 1 aliphatic rings. The predicted molar refractivity (Wildman–Crippen MR) is 99.4 cm³/mol. The number of amides is 2. The summed E-state index contributed by atoms with van der Waals surface area (Å²) in [4.78, 5) is 24.3. The van der Waals surface area contributed by atoms with Crippen LogP contribution in [0.1, 0.15) is 20.7 Å². The van der Waals surface area contributed by atoms with Crippen LogP contribution in [-0.2, 0) is 4.74 Å². The molecule has 0 spiro atoms. The van der Waals surface area contributed by atoms with E-state index in [0.29, 0.717) is 11.1 Å². The fourth-order valence-corrected chi connectivity index (χ4v) is 2.98. The molecule has 5 N–H and O–H groups in total. The first kappa shape index (κ1) is 20.0. The number of ether oxygens (including phenoxy) is 1. The molecule has 5 atom stereocenters. The SMILES string of the molecule is O=C(NC[C@H]1O[C@@H](O)[C@H](NC(=O)c2ccccc2)[C@H](O)[C@@H]1O)c1ccccc1. The predicted octanol–water partition coefficient (Wildman–Crippen LogP) is -0.346. The average molecular weight is 386 g/mol. The summed E-state index contributed by atoms with van der Waals surface area (Å²) in [5.74, 6) is -0.893. The van der Waals surface area contributed by atoms with Crippen molar-refractivity contribution in [1.29, 1.82) is 0 Å². The van der Waals surface area contributed by atoms with Crippen LogP contribution in [0.15, 0.2) is 60.7 Å². The lowest BCUT2D eigenvalue weighted by Crippen LogP contribution is -2.65. The maximum atomic E-state index is 12.2. The molecule has 1 saturated heterocycles. The molecule has 0 saturated carbocycles. The van der Waals surface area contributed by atoms with Gasteiger partial charge in [-0.25, -0.2) is 0 Å². The van der Waals surface area contributed by atoms with E-state index in [1.54, 1.807) is 60.7 Å². The zero-order valence-corrected chi connectivity index (χ0v) is 14.9. The van der Waals surface area contributed by atoms with Crippen LogP contribution < -0.4 is 10.6 Å². The highest BCUT2D eigenvalue weighted by Crippen LogP contribution is 2.20. The molecule has 2 amide bonds. The Kier molecular flexibility index (Phi) is 6.37. The first-order valence-electron chi connectivity index (χ1n) is 8.86. The van der Waals surface area contributed by atoms with E-state index < -0.39 is 36.6 Å². The number of aliphatic hydroxyl groups excluding tert-OH is 3. The Morgan fingerprint density at radius 1 is 0.821 bits per heavy atom. The summed E-state index contributed by atoms with van der Waals surface area (Å²) in [6.07, 6.45) is -5.48. The van der Waals surface area contributed by atoms with Crippen molar-refractivity contribution in [2.24, 2.45) is 0 Å². The van der Waals surface area contributed by atoms with E-state index in [4.69, 9.17) is 4.74 Å². The number of carbonyl (C=O) groups is 2. The van der Waals surface area contributed by atoms with Gasteiger partial charge in [0.2, 0.25) is 0 Å². The number of benzene rings is 2. The van der Waals surface area contributed by atoms with Gasteiger partial charge in [-0.15, -0.1) is 0 Å². The molecule has 2 aromatic rings. The third kappa shape index (κ3) is 4.55. The molecule has 0 bridgehead atoms. The highest BCUT2D eigenvalue weighted by atomic mass is 16.6. The van der Waals surface area contributed by atoms with Gasteiger partial charge in [0.05, 0.1) is 0 Å². The Labute approximate surface area is 161 Å². The largest absolute Gasteiger partial charge is 0.388 e. The summed E-state index contributed by atoms with van der Waals surface area (Å²) >= 11 is 0. The van der Waals surface area contributed by atoms with E-state index in [-0.39, 0.29) is 12.5 Å². The molecule has 8 heteroatoms. The zero-order valence-electron chi connectivity index (χ0n) is 14.9. The number of rotatable bonds is 5. The lowest BCUT2D eigenvalue weighted by molar-refractivity contribution is -0.243. The maximum Gasteiger partial charge on any atom is 0.251 e. The molecule has 2 aromatic carbocycles. The normalized spacial score (nSPS) is 27.0. The summed E-state index contributed by atoms with van der Waals surface area (Å²) < 4.78 is 5.32. The first-order chi connectivity index (χ1) is 13.5. The second-order valence-corrected chi connectivity index (χ2v) is 6.49. The van der Waals surface area contributed by atoms with Crippen molar-refractivity contribution in [2.45, 2.75) is 30.6 Å². The van der Waals surface area contributed by atoms with Gasteiger partial charge in [-0.05, 0) is 24.3 Å². The van der Waals surface area contributed by atoms with Crippen LogP contribution in [0.2, 0.25) is 0 Å². The highest BCUT2D eigenvalue weighted by molar-refractivity contribution is 5.94. The van der Waals surface area contributed by atoms with Crippen LogP contribution >= 0.6 is 0 Å². The van der Waals surface area contributed by atoms with Gasteiger partial charge in [0.15, 0.2) is 6.29 Å². The summed E-state index contributed by atoms with van der Waals surface area (Å²) in [5, 5.41) is 35.9. The highest BCUT2D eigenvalue weighted by Gasteiger charge is 2.44. The summed E-state index contributed by atoms with van der Waals surface area (Å²) in [6.45, 7) is -0.123. The molecule has 1 aliphatic heterocycles. The van der Waals surface area contributed by atoms with Gasteiger partial charge in [0.1, 0.15) is 24.4 Å². The van der Waals surface area contributed by atoms with Crippen molar-refractivity contribution in [3.05, 3.63) is 71.8 Å². The Morgan fingerprint density at radius 3 is 1.93 bits per heavy atom. The molecule has 8 nitrogen and oxygen atoms in total. The monoisotopic (exact) mass is 386 g/mol. The number of hydrogen-bond donors (Lipinski definition) is 5. The molecular formula is C20H22N2O6. The van der Waals surface area contributed by atoms with E-state index in [1.807, 2.05) is 0 Å². The van der Waals surface area contributed by atoms with Gasteiger partial charge in [-0.3, -0.25) is 9.59 Å². The topological polar surface area (TPSA) is 128 Å². The smallest absolute Gasteiger partial charge is 0.251 e. The van der Waals surface area contributed by atoms with Crippen molar-refractivity contribution in [3.63, 3.8) is 0 Å². The van der Waals surface area contributed by atoms with Crippen LogP contribution in [0.4, 0.5) is 0 Å². The third-order valence-corrected chi connectivity index (χ3v) is 4.55. The van der Waals surface area contributed by atoms with Crippen LogP contribution in [0.3, 0.4) is 0 Å². The Hall–Kier alpha value is -2.78. The average Bonchev–Trinajstić information content (AvgIpc) is 2.73. The minimum atomic E-state index is -1.55. The molecule has 3 rings (SSSR count).